The first kappa shape index (κ1) is 21.4. The fourth-order valence-electron chi connectivity index (χ4n) is 4.21. The Labute approximate surface area is 177 Å². The number of nitrogens with one attached hydrogen (secondary N) is 1. The summed E-state index contributed by atoms with van der Waals surface area (Å²) in [5.74, 6) is -1.09. The fourth-order valence-corrected chi connectivity index (χ4v) is 4.21. The van der Waals surface area contributed by atoms with Crippen LogP contribution in [0.4, 0.5) is 13.2 Å². The molecule has 1 saturated heterocycles. The van der Waals surface area contributed by atoms with Crippen LogP contribution in [0.5, 0.6) is 0 Å². The second-order valence-electron chi connectivity index (χ2n) is 8.28. The average Bonchev–Trinajstić information content (AvgIpc) is 3.36. The summed E-state index contributed by atoms with van der Waals surface area (Å²) >= 11 is 0. The molecule has 0 radical (unpaired) electrons. The lowest BCUT2D eigenvalue weighted by Crippen LogP contribution is -2.46. The lowest BCUT2D eigenvalue weighted by atomic mass is 10.0. The SMILES string of the molecule is O=C(O)c1ccc(C2(NC(=O)C3CCCN3Cc3ccc(C(F)(F)F)cc3)CC2)cc1. The van der Waals surface area contributed by atoms with Gasteiger partial charge in [-0.3, -0.25) is 9.69 Å². The van der Waals surface area contributed by atoms with Gasteiger partial charge in [-0.05, 0) is 67.6 Å². The Balaban J connectivity index is 1.41. The van der Waals surface area contributed by atoms with E-state index in [-0.39, 0.29) is 17.5 Å². The second kappa shape index (κ2) is 8.00. The lowest BCUT2D eigenvalue weighted by Gasteiger charge is -2.27. The number of rotatable bonds is 6. The van der Waals surface area contributed by atoms with Crippen LogP contribution in [0.2, 0.25) is 0 Å². The third kappa shape index (κ3) is 4.58. The Kier molecular flexibility index (Phi) is 5.51. The third-order valence-corrected chi connectivity index (χ3v) is 6.13. The van der Waals surface area contributed by atoms with E-state index < -0.39 is 23.2 Å². The molecule has 1 unspecified atom stereocenters. The Morgan fingerprint density at radius 3 is 2.26 bits per heavy atom. The Bertz CT molecular complexity index is 967. The van der Waals surface area contributed by atoms with Gasteiger partial charge in [0.1, 0.15) is 0 Å². The maximum absolute atomic E-state index is 13.0. The number of hydrogen-bond acceptors (Lipinski definition) is 3. The van der Waals surface area contributed by atoms with Crippen LogP contribution in [0.15, 0.2) is 48.5 Å². The van der Waals surface area contributed by atoms with Gasteiger partial charge in [0, 0.05) is 6.54 Å². The van der Waals surface area contributed by atoms with Gasteiger partial charge in [0.2, 0.25) is 5.91 Å². The van der Waals surface area contributed by atoms with E-state index in [1.165, 1.54) is 24.3 Å². The summed E-state index contributed by atoms with van der Waals surface area (Å²) in [7, 11) is 0. The van der Waals surface area contributed by atoms with Crippen molar-refractivity contribution >= 4 is 11.9 Å². The first-order chi connectivity index (χ1) is 14.7. The predicted octanol–water partition coefficient (Wildman–Crippen LogP) is 4.17. The minimum atomic E-state index is -4.37. The van der Waals surface area contributed by atoms with Crippen molar-refractivity contribution in [2.24, 2.45) is 0 Å². The summed E-state index contributed by atoms with van der Waals surface area (Å²) < 4.78 is 38.3. The zero-order valence-corrected chi connectivity index (χ0v) is 16.8. The van der Waals surface area contributed by atoms with E-state index in [0.717, 1.165) is 42.5 Å². The molecule has 5 nitrogen and oxygen atoms in total. The number of amides is 1. The van der Waals surface area contributed by atoms with E-state index in [1.807, 2.05) is 4.90 Å². The predicted molar refractivity (Wildman–Crippen MR) is 107 cm³/mol. The summed E-state index contributed by atoms with van der Waals surface area (Å²) in [6.07, 6.45) is -1.25. The van der Waals surface area contributed by atoms with Crippen molar-refractivity contribution in [3.8, 4) is 0 Å². The highest BCUT2D eigenvalue weighted by Crippen LogP contribution is 2.46. The smallest absolute Gasteiger partial charge is 0.416 e. The third-order valence-electron chi connectivity index (χ3n) is 6.13. The van der Waals surface area contributed by atoms with Crippen molar-refractivity contribution in [2.75, 3.05) is 6.54 Å². The Morgan fingerprint density at radius 2 is 1.71 bits per heavy atom. The van der Waals surface area contributed by atoms with Crippen molar-refractivity contribution in [2.45, 2.75) is 50.0 Å². The number of carboxylic acids is 1. The van der Waals surface area contributed by atoms with Crippen LogP contribution >= 0.6 is 0 Å². The molecule has 2 aliphatic rings. The maximum Gasteiger partial charge on any atom is 0.416 e. The topological polar surface area (TPSA) is 69.6 Å². The first-order valence-corrected chi connectivity index (χ1v) is 10.2. The van der Waals surface area contributed by atoms with Crippen molar-refractivity contribution in [3.05, 3.63) is 70.8 Å². The van der Waals surface area contributed by atoms with Gasteiger partial charge in [-0.15, -0.1) is 0 Å². The van der Waals surface area contributed by atoms with Gasteiger partial charge < -0.3 is 10.4 Å². The van der Waals surface area contributed by atoms with Crippen LogP contribution in [0.3, 0.4) is 0 Å². The van der Waals surface area contributed by atoms with Gasteiger partial charge in [0.15, 0.2) is 0 Å². The minimum absolute atomic E-state index is 0.0933. The minimum Gasteiger partial charge on any atom is -0.478 e. The molecule has 1 aliphatic carbocycles. The molecule has 0 aromatic heterocycles. The zero-order chi connectivity index (χ0) is 22.2. The number of carbonyl (C=O) groups is 2. The number of likely N-dealkylation sites (tertiary alicyclic amines) is 1. The van der Waals surface area contributed by atoms with E-state index >= 15 is 0 Å². The number of aromatic carboxylic acids is 1. The van der Waals surface area contributed by atoms with E-state index in [2.05, 4.69) is 5.32 Å². The van der Waals surface area contributed by atoms with E-state index in [0.29, 0.717) is 19.5 Å². The largest absolute Gasteiger partial charge is 0.478 e. The van der Waals surface area contributed by atoms with Gasteiger partial charge in [-0.25, -0.2) is 4.79 Å². The second-order valence-corrected chi connectivity index (χ2v) is 8.28. The molecule has 1 amide bonds. The van der Waals surface area contributed by atoms with Crippen molar-refractivity contribution in [1.29, 1.82) is 0 Å². The molecule has 31 heavy (non-hydrogen) atoms. The molecule has 8 heteroatoms. The highest BCUT2D eigenvalue weighted by Gasteiger charge is 2.47. The van der Waals surface area contributed by atoms with E-state index in [9.17, 15) is 22.8 Å². The molecule has 0 bridgehead atoms. The van der Waals surface area contributed by atoms with Crippen molar-refractivity contribution in [1.82, 2.24) is 10.2 Å². The molecule has 0 spiro atoms. The molecule has 1 heterocycles. The highest BCUT2D eigenvalue weighted by molar-refractivity contribution is 5.87. The highest BCUT2D eigenvalue weighted by atomic mass is 19.4. The summed E-state index contributed by atoms with van der Waals surface area (Å²) in [6.45, 7) is 1.12. The van der Waals surface area contributed by atoms with Gasteiger partial charge >= 0.3 is 12.1 Å². The summed E-state index contributed by atoms with van der Waals surface area (Å²) in [5.41, 5.74) is 0.675. The number of carbonyl (C=O) groups excluding carboxylic acids is 1. The van der Waals surface area contributed by atoms with Crippen LogP contribution in [-0.4, -0.2) is 34.5 Å². The van der Waals surface area contributed by atoms with Gasteiger partial charge in [-0.1, -0.05) is 24.3 Å². The van der Waals surface area contributed by atoms with Crippen LogP contribution in [0.25, 0.3) is 0 Å². The molecular weight excluding hydrogens is 409 g/mol. The molecule has 2 aromatic carbocycles. The summed E-state index contributed by atoms with van der Waals surface area (Å²) in [4.78, 5) is 26.1. The first-order valence-electron chi connectivity index (χ1n) is 10.2. The van der Waals surface area contributed by atoms with Crippen LogP contribution in [-0.2, 0) is 23.1 Å². The fraction of sp³-hybridized carbons (Fsp3) is 0.391. The van der Waals surface area contributed by atoms with Crippen molar-refractivity contribution < 1.29 is 27.9 Å². The van der Waals surface area contributed by atoms with Gasteiger partial charge in [0.25, 0.3) is 0 Å². The molecule has 164 valence electrons. The lowest BCUT2D eigenvalue weighted by molar-refractivity contribution is -0.137. The Hall–Kier alpha value is -2.87. The number of alkyl halides is 3. The van der Waals surface area contributed by atoms with Crippen molar-refractivity contribution in [3.63, 3.8) is 0 Å². The summed E-state index contributed by atoms with van der Waals surface area (Å²) in [5, 5.41) is 12.2. The van der Waals surface area contributed by atoms with Gasteiger partial charge in [0.05, 0.1) is 22.7 Å². The molecule has 2 fully saturated rings. The monoisotopic (exact) mass is 432 g/mol. The average molecular weight is 432 g/mol. The van der Waals surface area contributed by atoms with Crippen LogP contribution in [0.1, 0.15) is 52.7 Å². The maximum atomic E-state index is 13.0. The molecule has 2 aromatic rings. The number of carboxylic acid groups (broad SMARTS) is 1. The molecule has 1 saturated carbocycles. The number of nitrogens with zero attached hydrogens (tertiary/aromatic N) is 1. The van der Waals surface area contributed by atoms with Crippen LogP contribution < -0.4 is 5.32 Å². The number of benzene rings is 2. The normalized spacial score (nSPS) is 20.4. The standard InChI is InChI=1S/C23H23F3N2O3/c24-23(25,26)18-7-3-15(4-8-18)14-28-13-1-2-19(28)20(29)27-22(11-12-22)17-9-5-16(6-10-17)21(30)31/h3-10,19H,1-2,11-14H2,(H,27,29)(H,30,31). The molecule has 1 atom stereocenters. The number of halogens is 3. The molecular formula is C23H23F3N2O3. The van der Waals surface area contributed by atoms with Crippen LogP contribution in [0, 0.1) is 0 Å². The Morgan fingerprint density at radius 1 is 1.06 bits per heavy atom. The van der Waals surface area contributed by atoms with E-state index in [4.69, 9.17) is 5.11 Å². The molecule has 1 aliphatic heterocycles. The quantitative estimate of drug-likeness (QED) is 0.719. The van der Waals surface area contributed by atoms with Gasteiger partial charge in [-0.2, -0.15) is 13.2 Å². The molecule has 2 N–H and O–H groups in total. The zero-order valence-electron chi connectivity index (χ0n) is 16.8. The summed E-state index contributed by atoms with van der Waals surface area (Å²) in [6, 6.07) is 11.3. The van der Waals surface area contributed by atoms with E-state index in [1.54, 1.807) is 12.1 Å². The number of hydrogen-bond donors (Lipinski definition) is 2. The molecule has 4 rings (SSSR count).